The van der Waals surface area contributed by atoms with Gasteiger partial charge < -0.3 is 14.4 Å². The SMILES string of the molecule is CN1CCOC(C2CCCO2)C1. The van der Waals surface area contributed by atoms with Crippen molar-refractivity contribution in [1.82, 2.24) is 4.90 Å². The van der Waals surface area contributed by atoms with Crippen molar-refractivity contribution in [3.63, 3.8) is 0 Å². The summed E-state index contributed by atoms with van der Waals surface area (Å²) in [7, 11) is 2.14. The number of nitrogens with zero attached hydrogens (tertiary/aromatic N) is 1. The average molecular weight is 171 g/mol. The highest BCUT2D eigenvalue weighted by molar-refractivity contribution is 4.80. The lowest BCUT2D eigenvalue weighted by atomic mass is 10.1. The van der Waals surface area contributed by atoms with Crippen LogP contribution in [0.5, 0.6) is 0 Å². The molecule has 2 saturated heterocycles. The van der Waals surface area contributed by atoms with Crippen molar-refractivity contribution >= 4 is 0 Å². The predicted octanol–water partition coefficient (Wildman–Crippen LogP) is 0.496. The van der Waals surface area contributed by atoms with Crippen LogP contribution in [0.4, 0.5) is 0 Å². The van der Waals surface area contributed by atoms with E-state index in [1.54, 1.807) is 0 Å². The smallest absolute Gasteiger partial charge is 0.0963 e. The highest BCUT2D eigenvalue weighted by Gasteiger charge is 2.29. The number of rotatable bonds is 1. The normalized spacial score (nSPS) is 38.8. The first-order valence-corrected chi connectivity index (χ1v) is 4.78. The molecule has 0 radical (unpaired) electrons. The lowest BCUT2D eigenvalue weighted by Gasteiger charge is -2.32. The molecule has 0 saturated carbocycles. The Labute approximate surface area is 73.6 Å². The molecule has 0 bridgehead atoms. The lowest BCUT2D eigenvalue weighted by Crippen LogP contribution is -2.45. The van der Waals surface area contributed by atoms with Crippen LogP contribution in [0.25, 0.3) is 0 Å². The van der Waals surface area contributed by atoms with E-state index in [0.717, 1.165) is 26.3 Å². The van der Waals surface area contributed by atoms with Crippen LogP contribution < -0.4 is 0 Å². The molecule has 0 aromatic carbocycles. The van der Waals surface area contributed by atoms with Gasteiger partial charge in [0.25, 0.3) is 0 Å². The van der Waals surface area contributed by atoms with Crippen LogP contribution in [-0.2, 0) is 9.47 Å². The van der Waals surface area contributed by atoms with E-state index >= 15 is 0 Å². The minimum absolute atomic E-state index is 0.325. The standard InChI is InChI=1S/C9H17NO2/c1-10-4-6-12-9(7-10)8-3-2-5-11-8/h8-9H,2-7H2,1H3. The number of ether oxygens (including phenoxy) is 2. The summed E-state index contributed by atoms with van der Waals surface area (Å²) in [4.78, 5) is 2.32. The maximum atomic E-state index is 5.67. The number of hydrogen-bond donors (Lipinski definition) is 0. The molecule has 3 heteroatoms. The van der Waals surface area contributed by atoms with Crippen molar-refractivity contribution in [1.29, 1.82) is 0 Å². The molecule has 0 aromatic rings. The van der Waals surface area contributed by atoms with Gasteiger partial charge in [-0.2, -0.15) is 0 Å². The molecule has 2 rings (SSSR count). The molecule has 2 fully saturated rings. The number of likely N-dealkylation sites (N-methyl/N-ethyl adjacent to an activating group) is 1. The average Bonchev–Trinajstić information content (AvgIpc) is 2.56. The molecular weight excluding hydrogens is 154 g/mol. The van der Waals surface area contributed by atoms with Crippen molar-refractivity contribution in [2.45, 2.75) is 25.0 Å². The Kier molecular flexibility index (Phi) is 2.63. The Morgan fingerprint density at radius 1 is 1.17 bits per heavy atom. The van der Waals surface area contributed by atoms with Gasteiger partial charge in [-0.3, -0.25) is 0 Å². The third kappa shape index (κ3) is 1.79. The second-order valence-corrected chi connectivity index (χ2v) is 3.72. The van der Waals surface area contributed by atoms with Gasteiger partial charge in [0.2, 0.25) is 0 Å². The zero-order valence-electron chi connectivity index (χ0n) is 7.66. The molecule has 0 spiro atoms. The quantitative estimate of drug-likeness (QED) is 0.573. The Balaban J connectivity index is 1.85. The molecule has 0 amide bonds. The van der Waals surface area contributed by atoms with Crippen molar-refractivity contribution in [2.75, 3.05) is 33.4 Å². The summed E-state index contributed by atoms with van der Waals surface area (Å²) in [6, 6.07) is 0. The van der Waals surface area contributed by atoms with Crippen molar-refractivity contribution in [2.24, 2.45) is 0 Å². The molecule has 0 aromatic heterocycles. The van der Waals surface area contributed by atoms with Crippen LogP contribution in [0.1, 0.15) is 12.8 Å². The van der Waals surface area contributed by atoms with Gasteiger partial charge in [0, 0.05) is 19.7 Å². The molecule has 2 unspecified atom stereocenters. The molecule has 2 heterocycles. The van der Waals surface area contributed by atoms with E-state index in [9.17, 15) is 0 Å². The monoisotopic (exact) mass is 171 g/mol. The van der Waals surface area contributed by atoms with Gasteiger partial charge in [-0.05, 0) is 19.9 Å². The Hall–Kier alpha value is -0.120. The fourth-order valence-electron chi connectivity index (χ4n) is 1.93. The van der Waals surface area contributed by atoms with E-state index < -0.39 is 0 Å². The highest BCUT2D eigenvalue weighted by atomic mass is 16.5. The maximum Gasteiger partial charge on any atom is 0.0963 e. The third-order valence-electron chi connectivity index (χ3n) is 2.68. The van der Waals surface area contributed by atoms with Crippen molar-refractivity contribution in [3.8, 4) is 0 Å². The molecule has 0 aliphatic carbocycles. The van der Waals surface area contributed by atoms with Gasteiger partial charge >= 0.3 is 0 Å². The molecular formula is C9H17NO2. The minimum Gasteiger partial charge on any atom is -0.375 e. The molecule has 2 aliphatic heterocycles. The zero-order chi connectivity index (χ0) is 8.39. The van der Waals surface area contributed by atoms with E-state index in [-0.39, 0.29) is 0 Å². The summed E-state index contributed by atoms with van der Waals surface area (Å²) in [5.74, 6) is 0. The second-order valence-electron chi connectivity index (χ2n) is 3.72. The van der Waals surface area contributed by atoms with E-state index in [2.05, 4.69) is 11.9 Å². The van der Waals surface area contributed by atoms with Crippen LogP contribution in [0.2, 0.25) is 0 Å². The van der Waals surface area contributed by atoms with Crippen LogP contribution in [0.3, 0.4) is 0 Å². The number of morpholine rings is 1. The Morgan fingerprint density at radius 2 is 2.00 bits per heavy atom. The summed E-state index contributed by atoms with van der Waals surface area (Å²) in [5, 5.41) is 0. The van der Waals surface area contributed by atoms with Crippen LogP contribution in [0, 0.1) is 0 Å². The topological polar surface area (TPSA) is 21.7 Å². The van der Waals surface area contributed by atoms with E-state index in [0.29, 0.717) is 12.2 Å². The number of hydrogen-bond acceptors (Lipinski definition) is 3. The van der Waals surface area contributed by atoms with E-state index in [1.165, 1.54) is 12.8 Å². The van der Waals surface area contributed by atoms with E-state index in [4.69, 9.17) is 9.47 Å². The Morgan fingerprint density at radius 3 is 2.67 bits per heavy atom. The summed E-state index contributed by atoms with van der Waals surface area (Å²) in [6.45, 7) is 3.88. The lowest BCUT2D eigenvalue weighted by molar-refractivity contribution is -0.0891. The summed E-state index contributed by atoms with van der Waals surface area (Å²) < 4.78 is 11.3. The van der Waals surface area contributed by atoms with Gasteiger partial charge in [-0.1, -0.05) is 0 Å². The molecule has 3 nitrogen and oxygen atoms in total. The molecule has 2 atom stereocenters. The molecule has 0 N–H and O–H groups in total. The third-order valence-corrected chi connectivity index (χ3v) is 2.68. The van der Waals surface area contributed by atoms with Crippen LogP contribution in [-0.4, -0.2) is 50.5 Å². The predicted molar refractivity (Wildman–Crippen MR) is 46.2 cm³/mol. The Bertz CT molecular complexity index is 145. The summed E-state index contributed by atoms with van der Waals surface area (Å²) >= 11 is 0. The fraction of sp³-hybridized carbons (Fsp3) is 1.00. The molecule has 2 aliphatic rings. The highest BCUT2D eigenvalue weighted by Crippen LogP contribution is 2.20. The largest absolute Gasteiger partial charge is 0.375 e. The summed E-state index contributed by atoms with van der Waals surface area (Å²) in [6.07, 6.45) is 3.08. The fourth-order valence-corrected chi connectivity index (χ4v) is 1.93. The minimum atomic E-state index is 0.325. The van der Waals surface area contributed by atoms with Crippen molar-refractivity contribution in [3.05, 3.63) is 0 Å². The van der Waals surface area contributed by atoms with Crippen molar-refractivity contribution < 1.29 is 9.47 Å². The first-order valence-electron chi connectivity index (χ1n) is 4.78. The second kappa shape index (κ2) is 3.73. The first kappa shape index (κ1) is 8.48. The van der Waals surface area contributed by atoms with Gasteiger partial charge in [-0.15, -0.1) is 0 Å². The van der Waals surface area contributed by atoms with Gasteiger partial charge in [0.15, 0.2) is 0 Å². The van der Waals surface area contributed by atoms with Crippen LogP contribution in [0.15, 0.2) is 0 Å². The molecule has 12 heavy (non-hydrogen) atoms. The van der Waals surface area contributed by atoms with Gasteiger partial charge in [0.05, 0.1) is 18.8 Å². The van der Waals surface area contributed by atoms with E-state index in [1.807, 2.05) is 0 Å². The van der Waals surface area contributed by atoms with Gasteiger partial charge in [-0.25, -0.2) is 0 Å². The first-order chi connectivity index (χ1) is 5.86. The molecule has 70 valence electrons. The zero-order valence-corrected chi connectivity index (χ0v) is 7.66. The van der Waals surface area contributed by atoms with Gasteiger partial charge in [0.1, 0.15) is 0 Å². The maximum absolute atomic E-state index is 5.67. The summed E-state index contributed by atoms with van der Waals surface area (Å²) in [5.41, 5.74) is 0. The van der Waals surface area contributed by atoms with Crippen LogP contribution >= 0.6 is 0 Å².